The van der Waals surface area contributed by atoms with Crippen LogP contribution in [0, 0.1) is 0 Å². The van der Waals surface area contributed by atoms with Crippen molar-refractivity contribution < 1.29 is 13.2 Å². The molecule has 1 unspecified atom stereocenters. The van der Waals surface area contributed by atoms with Crippen molar-refractivity contribution in [3.05, 3.63) is 0 Å². The summed E-state index contributed by atoms with van der Waals surface area (Å²) in [4.78, 5) is 12.1. The highest BCUT2D eigenvalue weighted by atomic mass is 32.2. The van der Waals surface area contributed by atoms with Crippen LogP contribution in [0.1, 0.15) is 58.8 Å². The maximum atomic E-state index is 12.1. The lowest BCUT2D eigenvalue weighted by molar-refractivity contribution is -0.122. The van der Waals surface area contributed by atoms with Crippen molar-refractivity contribution in [2.45, 2.75) is 70.9 Å². The zero-order chi connectivity index (χ0) is 15.2. The van der Waals surface area contributed by atoms with E-state index in [4.69, 9.17) is 0 Å². The van der Waals surface area contributed by atoms with E-state index in [1.807, 2.05) is 13.8 Å². The summed E-state index contributed by atoms with van der Waals surface area (Å²) < 4.78 is 24.8. The number of hydrogen-bond acceptors (Lipinski definition) is 3. The van der Waals surface area contributed by atoms with Gasteiger partial charge < -0.3 is 5.32 Å². The third-order valence-electron chi connectivity index (χ3n) is 4.03. The van der Waals surface area contributed by atoms with E-state index in [2.05, 4.69) is 5.32 Å². The van der Waals surface area contributed by atoms with Gasteiger partial charge >= 0.3 is 0 Å². The van der Waals surface area contributed by atoms with Crippen LogP contribution in [0.25, 0.3) is 0 Å². The van der Waals surface area contributed by atoms with E-state index >= 15 is 0 Å². The van der Waals surface area contributed by atoms with Gasteiger partial charge in [-0.3, -0.25) is 4.79 Å². The van der Waals surface area contributed by atoms with Crippen LogP contribution in [0.15, 0.2) is 0 Å². The molecule has 1 atom stereocenters. The van der Waals surface area contributed by atoms with Gasteiger partial charge in [0.1, 0.15) is 0 Å². The highest BCUT2D eigenvalue weighted by molar-refractivity contribution is 7.88. The van der Waals surface area contributed by atoms with Crippen molar-refractivity contribution in [2.75, 3.05) is 12.8 Å². The molecule has 1 saturated carbocycles. The van der Waals surface area contributed by atoms with Gasteiger partial charge in [0, 0.05) is 12.1 Å². The highest BCUT2D eigenvalue weighted by Crippen LogP contribution is 2.17. The molecule has 1 N–H and O–H groups in total. The minimum Gasteiger partial charge on any atom is -0.352 e. The third-order valence-corrected chi connectivity index (χ3v) is 5.37. The lowest BCUT2D eigenvalue weighted by Gasteiger charge is -2.26. The fourth-order valence-electron chi connectivity index (χ4n) is 2.64. The topological polar surface area (TPSA) is 66.5 Å². The molecule has 0 radical (unpaired) electrons. The molecule has 1 aliphatic carbocycles. The minimum absolute atomic E-state index is 0.0651. The van der Waals surface area contributed by atoms with Crippen LogP contribution in [0.5, 0.6) is 0 Å². The Morgan fingerprint density at radius 2 is 1.80 bits per heavy atom. The first kappa shape index (κ1) is 17.4. The summed E-state index contributed by atoms with van der Waals surface area (Å²) in [6, 6.07) is 0.0632. The first-order chi connectivity index (χ1) is 9.34. The molecule has 0 aromatic carbocycles. The Balaban J connectivity index is 2.57. The average molecular weight is 304 g/mol. The number of carbonyl (C=O) groups excluding carboxylic acids is 1. The molecule has 0 saturated heterocycles. The normalized spacial score (nSPS) is 19.6. The molecule has 20 heavy (non-hydrogen) atoms. The van der Waals surface area contributed by atoms with Crippen LogP contribution in [-0.2, 0) is 14.8 Å². The van der Waals surface area contributed by atoms with Gasteiger partial charge in [-0.15, -0.1) is 0 Å². The van der Waals surface area contributed by atoms with E-state index in [0.29, 0.717) is 6.42 Å². The predicted octanol–water partition coefficient (Wildman–Crippen LogP) is 1.89. The van der Waals surface area contributed by atoms with Gasteiger partial charge in [-0.05, 0) is 26.2 Å². The molecule has 0 spiro atoms. The van der Waals surface area contributed by atoms with Crippen molar-refractivity contribution in [1.82, 2.24) is 9.62 Å². The van der Waals surface area contributed by atoms with Gasteiger partial charge in [-0.25, -0.2) is 8.42 Å². The summed E-state index contributed by atoms with van der Waals surface area (Å²) in [7, 11) is -3.35. The first-order valence-corrected chi connectivity index (χ1v) is 9.45. The Morgan fingerprint density at radius 3 is 2.25 bits per heavy atom. The summed E-state index contributed by atoms with van der Waals surface area (Å²) in [5.41, 5.74) is 0. The summed E-state index contributed by atoms with van der Waals surface area (Å²) in [6.07, 6.45) is 8.63. The van der Waals surface area contributed by atoms with Crippen LogP contribution in [0.2, 0.25) is 0 Å². The third kappa shape index (κ3) is 5.79. The van der Waals surface area contributed by atoms with Gasteiger partial charge in [-0.1, -0.05) is 32.6 Å². The van der Waals surface area contributed by atoms with Crippen LogP contribution in [-0.4, -0.2) is 43.5 Å². The molecule has 118 valence electrons. The van der Waals surface area contributed by atoms with Crippen molar-refractivity contribution in [2.24, 2.45) is 0 Å². The van der Waals surface area contributed by atoms with E-state index in [9.17, 15) is 13.2 Å². The van der Waals surface area contributed by atoms with E-state index in [-0.39, 0.29) is 24.5 Å². The molecule has 1 fully saturated rings. The molecule has 0 aromatic heterocycles. The second-order valence-corrected chi connectivity index (χ2v) is 7.76. The van der Waals surface area contributed by atoms with Crippen molar-refractivity contribution in [1.29, 1.82) is 0 Å². The van der Waals surface area contributed by atoms with Gasteiger partial charge in [-0.2, -0.15) is 4.31 Å². The van der Waals surface area contributed by atoms with Crippen LogP contribution in [0.3, 0.4) is 0 Å². The second kappa shape index (κ2) is 7.98. The van der Waals surface area contributed by atoms with E-state index in [1.165, 1.54) is 17.1 Å². The zero-order valence-electron chi connectivity index (χ0n) is 12.9. The van der Waals surface area contributed by atoms with Crippen LogP contribution in [0.4, 0.5) is 0 Å². The van der Waals surface area contributed by atoms with Gasteiger partial charge in [0.2, 0.25) is 15.9 Å². The number of rotatable bonds is 6. The number of nitrogens with zero attached hydrogens (tertiary/aromatic N) is 1. The molecule has 0 heterocycles. The summed E-state index contributed by atoms with van der Waals surface area (Å²) in [6.45, 7) is 3.69. The van der Waals surface area contributed by atoms with E-state index in [0.717, 1.165) is 31.9 Å². The fourth-order valence-corrected chi connectivity index (χ4v) is 3.80. The quantitative estimate of drug-likeness (QED) is 0.762. The second-order valence-electron chi connectivity index (χ2n) is 5.82. The number of nitrogens with one attached hydrogen (secondary N) is 1. The maximum absolute atomic E-state index is 12.1. The highest BCUT2D eigenvalue weighted by Gasteiger charge is 2.25. The van der Waals surface area contributed by atoms with Crippen molar-refractivity contribution in [3.63, 3.8) is 0 Å². The number of carbonyl (C=O) groups is 1. The predicted molar refractivity (Wildman–Crippen MR) is 80.9 cm³/mol. The largest absolute Gasteiger partial charge is 0.352 e. The monoisotopic (exact) mass is 304 g/mol. The molecule has 0 aromatic rings. The summed E-state index contributed by atoms with van der Waals surface area (Å²) >= 11 is 0. The van der Waals surface area contributed by atoms with Crippen LogP contribution < -0.4 is 5.32 Å². The Morgan fingerprint density at radius 1 is 1.25 bits per heavy atom. The zero-order valence-corrected chi connectivity index (χ0v) is 13.7. The molecular weight excluding hydrogens is 276 g/mol. The SMILES string of the molecule is CCC(C)N(CC(=O)NC1CCCCCC1)S(C)(=O)=O. The molecule has 6 heteroatoms. The molecule has 1 amide bonds. The summed E-state index contributed by atoms with van der Waals surface area (Å²) in [5.74, 6) is -0.178. The molecular formula is C14H28N2O3S. The Kier molecular flexibility index (Phi) is 6.95. The lowest BCUT2D eigenvalue weighted by atomic mass is 10.1. The molecule has 0 aliphatic heterocycles. The molecule has 1 aliphatic rings. The lowest BCUT2D eigenvalue weighted by Crippen LogP contribution is -2.46. The number of hydrogen-bond donors (Lipinski definition) is 1. The van der Waals surface area contributed by atoms with Crippen molar-refractivity contribution >= 4 is 15.9 Å². The molecule has 1 rings (SSSR count). The van der Waals surface area contributed by atoms with Gasteiger partial charge in [0.15, 0.2) is 0 Å². The average Bonchev–Trinajstić information content (AvgIpc) is 2.62. The smallest absolute Gasteiger partial charge is 0.235 e. The van der Waals surface area contributed by atoms with Crippen LogP contribution >= 0.6 is 0 Å². The molecule has 0 bridgehead atoms. The van der Waals surface area contributed by atoms with Crippen molar-refractivity contribution in [3.8, 4) is 0 Å². The summed E-state index contributed by atoms with van der Waals surface area (Å²) in [5, 5.41) is 3.00. The number of sulfonamides is 1. The fraction of sp³-hybridized carbons (Fsp3) is 0.929. The van der Waals surface area contributed by atoms with E-state index in [1.54, 1.807) is 0 Å². The van der Waals surface area contributed by atoms with Gasteiger partial charge in [0.05, 0.1) is 12.8 Å². The maximum Gasteiger partial charge on any atom is 0.235 e. The first-order valence-electron chi connectivity index (χ1n) is 7.60. The number of amides is 1. The minimum atomic E-state index is -3.35. The standard InChI is InChI=1S/C14H28N2O3S/c1-4-12(2)16(20(3,18)19)11-14(17)15-13-9-7-5-6-8-10-13/h12-13H,4-11H2,1-3H3,(H,15,17). The Hall–Kier alpha value is -0.620. The van der Waals surface area contributed by atoms with E-state index < -0.39 is 10.0 Å². The molecule has 5 nitrogen and oxygen atoms in total. The Bertz CT molecular complexity index is 401. The van der Waals surface area contributed by atoms with Gasteiger partial charge in [0.25, 0.3) is 0 Å². The Labute approximate surface area is 123 Å².